The summed E-state index contributed by atoms with van der Waals surface area (Å²) in [6, 6.07) is 3.58. The van der Waals surface area contributed by atoms with Crippen LogP contribution in [0.2, 0.25) is 0 Å². The molecule has 0 bridgehead atoms. The highest BCUT2D eigenvalue weighted by molar-refractivity contribution is 5.87. The van der Waals surface area contributed by atoms with Crippen LogP contribution in [0.25, 0.3) is 17.2 Å². The van der Waals surface area contributed by atoms with E-state index in [0.717, 1.165) is 17.4 Å². The maximum Gasteiger partial charge on any atom is 0.150 e. The summed E-state index contributed by atoms with van der Waals surface area (Å²) < 4.78 is 1.69. The first-order valence-corrected chi connectivity index (χ1v) is 6.33. The molecule has 2 aromatic rings. The molecule has 3 nitrogen and oxygen atoms in total. The average molecular weight is 265 g/mol. The highest BCUT2D eigenvalue weighted by atomic mass is 16.1. The number of terminal acetylenes is 1. The SMILES string of the molecule is CC.[CH]=Cc1c(C#C)cc(-c2cnn(C)c2)cc1C=O. The molecule has 0 atom stereocenters. The van der Waals surface area contributed by atoms with Gasteiger partial charge in [0.15, 0.2) is 6.29 Å². The Balaban J connectivity index is 0.000000956. The largest absolute Gasteiger partial charge is 0.298 e. The van der Waals surface area contributed by atoms with Gasteiger partial charge in [-0.15, -0.1) is 6.42 Å². The number of hydrogen-bond donors (Lipinski definition) is 0. The number of hydrogen-bond acceptors (Lipinski definition) is 2. The van der Waals surface area contributed by atoms with Crippen molar-refractivity contribution in [2.75, 3.05) is 0 Å². The molecule has 0 aliphatic carbocycles. The summed E-state index contributed by atoms with van der Waals surface area (Å²) in [6.45, 7) is 9.50. The first-order chi connectivity index (χ1) is 9.69. The number of rotatable bonds is 3. The molecule has 0 aliphatic rings. The quantitative estimate of drug-likeness (QED) is 0.630. The zero-order chi connectivity index (χ0) is 15.1. The van der Waals surface area contributed by atoms with E-state index in [-0.39, 0.29) is 0 Å². The van der Waals surface area contributed by atoms with E-state index >= 15 is 0 Å². The molecule has 3 heteroatoms. The standard InChI is InChI=1S/C15H11N2O.C2H6/c1-4-11-6-12(14-8-16-17(3)9-14)7-13(10-18)15(11)5-2;1-2/h1-2,5-10H,3H3;1-2H3. The maximum absolute atomic E-state index is 11.1. The van der Waals surface area contributed by atoms with E-state index in [1.807, 2.05) is 33.2 Å². The molecular weight excluding hydrogens is 248 g/mol. The highest BCUT2D eigenvalue weighted by Crippen LogP contribution is 2.25. The Morgan fingerprint density at radius 2 is 2.00 bits per heavy atom. The third kappa shape index (κ3) is 3.04. The predicted molar refractivity (Wildman–Crippen MR) is 82.1 cm³/mol. The summed E-state index contributed by atoms with van der Waals surface area (Å²) in [6.07, 6.45) is 11.1. The summed E-state index contributed by atoms with van der Waals surface area (Å²) in [5, 5.41) is 4.09. The zero-order valence-corrected chi connectivity index (χ0v) is 11.9. The van der Waals surface area contributed by atoms with Gasteiger partial charge in [-0.05, 0) is 17.7 Å². The van der Waals surface area contributed by atoms with Gasteiger partial charge in [-0.3, -0.25) is 9.48 Å². The monoisotopic (exact) mass is 265 g/mol. The number of carbonyl (C=O) groups is 1. The van der Waals surface area contributed by atoms with Crippen molar-refractivity contribution in [2.24, 2.45) is 7.05 Å². The van der Waals surface area contributed by atoms with Crippen LogP contribution in [0.4, 0.5) is 0 Å². The van der Waals surface area contributed by atoms with Crippen molar-refractivity contribution in [3.05, 3.63) is 47.8 Å². The number of benzene rings is 1. The molecule has 20 heavy (non-hydrogen) atoms. The van der Waals surface area contributed by atoms with E-state index < -0.39 is 0 Å². The molecule has 0 saturated heterocycles. The van der Waals surface area contributed by atoms with Gasteiger partial charge in [0.25, 0.3) is 0 Å². The van der Waals surface area contributed by atoms with Gasteiger partial charge >= 0.3 is 0 Å². The van der Waals surface area contributed by atoms with E-state index in [4.69, 9.17) is 13.0 Å². The van der Waals surface area contributed by atoms with E-state index in [2.05, 4.69) is 11.0 Å². The van der Waals surface area contributed by atoms with Crippen LogP contribution in [0, 0.1) is 18.9 Å². The fourth-order valence-corrected chi connectivity index (χ4v) is 1.82. The lowest BCUT2D eigenvalue weighted by atomic mass is 9.96. The fourth-order valence-electron chi connectivity index (χ4n) is 1.82. The summed E-state index contributed by atoms with van der Waals surface area (Å²) in [5.41, 5.74) is 3.41. The lowest BCUT2D eigenvalue weighted by molar-refractivity contribution is 0.112. The minimum atomic E-state index is 0.479. The lowest BCUT2D eigenvalue weighted by Gasteiger charge is -2.06. The van der Waals surface area contributed by atoms with Crippen molar-refractivity contribution in [1.82, 2.24) is 9.78 Å². The topological polar surface area (TPSA) is 34.9 Å². The number of nitrogens with zero attached hydrogens (tertiary/aromatic N) is 2. The van der Waals surface area contributed by atoms with Crippen molar-refractivity contribution in [2.45, 2.75) is 13.8 Å². The van der Waals surface area contributed by atoms with Crippen molar-refractivity contribution in [1.29, 1.82) is 0 Å². The smallest absolute Gasteiger partial charge is 0.150 e. The second-order valence-electron chi connectivity index (χ2n) is 3.86. The van der Waals surface area contributed by atoms with Gasteiger partial charge in [-0.2, -0.15) is 5.10 Å². The molecule has 1 radical (unpaired) electrons. The molecule has 101 valence electrons. The molecule has 1 heterocycles. The van der Waals surface area contributed by atoms with E-state index in [1.54, 1.807) is 16.9 Å². The lowest BCUT2D eigenvalue weighted by Crippen LogP contribution is -1.93. The summed E-state index contributed by atoms with van der Waals surface area (Å²) in [7, 11) is 1.83. The third-order valence-corrected chi connectivity index (χ3v) is 2.70. The summed E-state index contributed by atoms with van der Waals surface area (Å²) >= 11 is 0. The number of aldehydes is 1. The van der Waals surface area contributed by atoms with Crippen LogP contribution < -0.4 is 0 Å². The predicted octanol–water partition coefficient (Wildman–Crippen LogP) is 3.35. The van der Waals surface area contributed by atoms with Gasteiger partial charge in [0.05, 0.1) is 6.20 Å². The van der Waals surface area contributed by atoms with Crippen molar-refractivity contribution < 1.29 is 4.79 Å². The third-order valence-electron chi connectivity index (χ3n) is 2.70. The Morgan fingerprint density at radius 1 is 1.30 bits per heavy atom. The van der Waals surface area contributed by atoms with Gasteiger partial charge in [-0.25, -0.2) is 0 Å². The molecule has 0 saturated carbocycles. The Hall–Kier alpha value is -2.60. The Bertz CT molecular complexity index is 660. The van der Waals surface area contributed by atoms with Crippen LogP contribution in [0.5, 0.6) is 0 Å². The second-order valence-corrected chi connectivity index (χ2v) is 3.86. The number of aryl methyl sites for hydroxylation is 1. The van der Waals surface area contributed by atoms with Crippen molar-refractivity contribution in [3.8, 4) is 23.5 Å². The maximum atomic E-state index is 11.1. The molecule has 0 fully saturated rings. The van der Waals surface area contributed by atoms with Crippen LogP contribution in [-0.4, -0.2) is 16.1 Å². The molecule has 1 aromatic heterocycles. The van der Waals surface area contributed by atoms with Crippen molar-refractivity contribution >= 4 is 12.4 Å². The van der Waals surface area contributed by atoms with Crippen LogP contribution >= 0.6 is 0 Å². The summed E-state index contributed by atoms with van der Waals surface area (Å²) in [5.74, 6) is 2.54. The molecule has 0 unspecified atom stereocenters. The first kappa shape index (κ1) is 15.5. The minimum absolute atomic E-state index is 0.479. The number of carbonyl (C=O) groups excluding carboxylic acids is 1. The molecule has 0 spiro atoms. The van der Waals surface area contributed by atoms with Gasteiger partial charge < -0.3 is 0 Å². The van der Waals surface area contributed by atoms with E-state index in [9.17, 15) is 4.79 Å². The van der Waals surface area contributed by atoms with E-state index in [1.165, 1.54) is 6.08 Å². The van der Waals surface area contributed by atoms with Gasteiger partial charge in [0.2, 0.25) is 0 Å². The Morgan fingerprint density at radius 3 is 2.45 bits per heavy atom. The molecule has 0 amide bonds. The molecule has 1 aromatic carbocycles. The molecule has 2 rings (SSSR count). The first-order valence-electron chi connectivity index (χ1n) is 6.33. The average Bonchev–Trinajstić information content (AvgIpc) is 2.94. The highest BCUT2D eigenvalue weighted by Gasteiger charge is 2.09. The van der Waals surface area contributed by atoms with Gasteiger partial charge in [0, 0.05) is 35.5 Å². The normalized spacial score (nSPS) is 9.10. The van der Waals surface area contributed by atoms with Gasteiger partial charge in [-0.1, -0.05) is 32.4 Å². The molecule has 0 N–H and O–H groups in total. The fraction of sp³-hybridized carbons (Fsp3) is 0.176. The van der Waals surface area contributed by atoms with E-state index in [0.29, 0.717) is 16.7 Å². The van der Waals surface area contributed by atoms with Crippen molar-refractivity contribution in [3.63, 3.8) is 0 Å². The zero-order valence-electron chi connectivity index (χ0n) is 11.9. The minimum Gasteiger partial charge on any atom is -0.298 e. The molecular formula is C17H17N2O. The van der Waals surface area contributed by atoms with Crippen LogP contribution in [0.1, 0.15) is 35.3 Å². The Labute approximate surface area is 119 Å². The van der Waals surface area contributed by atoms with Crippen LogP contribution in [0.3, 0.4) is 0 Å². The van der Waals surface area contributed by atoms with Crippen LogP contribution in [-0.2, 0) is 7.05 Å². The summed E-state index contributed by atoms with van der Waals surface area (Å²) in [4.78, 5) is 11.1. The number of aromatic nitrogens is 2. The molecule has 0 aliphatic heterocycles. The second kappa shape index (κ2) is 7.10. The van der Waals surface area contributed by atoms with Gasteiger partial charge in [0.1, 0.15) is 0 Å². The Kier molecular flexibility index (Phi) is 5.49. The van der Waals surface area contributed by atoms with Crippen LogP contribution in [0.15, 0.2) is 24.5 Å².